The normalized spacial score (nSPS) is 10.8. The first-order valence-corrected chi connectivity index (χ1v) is 5.81. The number of nitrogens with zero attached hydrogens (tertiary/aromatic N) is 1. The number of aryl methyl sites for hydroxylation is 2. The molecule has 0 aromatic heterocycles. The maximum atomic E-state index is 9.67. The van der Waals surface area contributed by atoms with E-state index in [0.29, 0.717) is 5.75 Å². The predicted octanol–water partition coefficient (Wildman–Crippen LogP) is 3.46. The molecule has 0 amide bonds. The maximum Gasteiger partial charge on any atom is 0.121 e. The fourth-order valence-corrected chi connectivity index (χ4v) is 1.76. The molecule has 0 aliphatic carbocycles. The number of nitrogens with one attached hydrogen (secondary N) is 1. The highest BCUT2D eigenvalue weighted by atomic mass is 16.3. The monoisotopic (exact) mass is 240 g/mol. The van der Waals surface area contributed by atoms with Crippen LogP contribution in [-0.4, -0.2) is 11.3 Å². The second-order valence-corrected chi connectivity index (χ2v) is 4.24. The van der Waals surface area contributed by atoms with Crippen LogP contribution in [0.15, 0.2) is 47.6 Å². The summed E-state index contributed by atoms with van der Waals surface area (Å²) in [7, 11) is 0. The lowest BCUT2D eigenvalue weighted by molar-refractivity contribution is 0.467. The molecular weight excluding hydrogens is 224 g/mol. The molecule has 2 N–H and O–H groups in total. The lowest BCUT2D eigenvalue weighted by atomic mass is 10.1. The van der Waals surface area contributed by atoms with E-state index in [0.717, 1.165) is 22.4 Å². The minimum atomic E-state index is 0.350. The summed E-state index contributed by atoms with van der Waals surface area (Å²) in [6.07, 6.45) is 1.74. The lowest BCUT2D eigenvalue weighted by Gasteiger charge is -2.04. The summed E-state index contributed by atoms with van der Waals surface area (Å²) < 4.78 is 0. The fourth-order valence-electron chi connectivity index (χ4n) is 1.76. The molecule has 2 rings (SSSR count). The van der Waals surface area contributed by atoms with Gasteiger partial charge in [-0.05, 0) is 54.8 Å². The third kappa shape index (κ3) is 2.88. The van der Waals surface area contributed by atoms with Crippen molar-refractivity contribution in [1.82, 2.24) is 0 Å². The van der Waals surface area contributed by atoms with Gasteiger partial charge in [-0.3, -0.25) is 5.43 Å². The van der Waals surface area contributed by atoms with Crippen LogP contribution in [-0.2, 0) is 0 Å². The lowest BCUT2D eigenvalue weighted by Crippen LogP contribution is -1.92. The number of hydrogen-bond donors (Lipinski definition) is 2. The molecule has 3 heteroatoms. The summed E-state index contributed by atoms with van der Waals surface area (Å²) in [5.41, 5.74) is 6.58. The Labute approximate surface area is 107 Å². The first kappa shape index (κ1) is 12.2. The molecule has 0 bridgehead atoms. The van der Waals surface area contributed by atoms with Gasteiger partial charge < -0.3 is 5.11 Å². The van der Waals surface area contributed by atoms with Gasteiger partial charge in [0.25, 0.3) is 0 Å². The van der Waals surface area contributed by atoms with Gasteiger partial charge >= 0.3 is 0 Å². The van der Waals surface area contributed by atoms with Crippen molar-refractivity contribution in [3.05, 3.63) is 59.2 Å². The summed E-state index contributed by atoms with van der Waals surface area (Å²) in [6.45, 7) is 3.76. The van der Waals surface area contributed by atoms with Gasteiger partial charge in [0.15, 0.2) is 0 Å². The molecule has 0 atom stereocenters. The average Bonchev–Trinajstić information content (AvgIpc) is 2.37. The Kier molecular flexibility index (Phi) is 3.63. The summed E-state index contributed by atoms with van der Waals surface area (Å²) >= 11 is 0. The van der Waals surface area contributed by atoms with E-state index < -0.39 is 0 Å². The molecule has 18 heavy (non-hydrogen) atoms. The minimum absolute atomic E-state index is 0.350. The van der Waals surface area contributed by atoms with Crippen molar-refractivity contribution in [3.63, 3.8) is 0 Å². The summed E-state index contributed by atoms with van der Waals surface area (Å²) in [6, 6.07) is 13.6. The van der Waals surface area contributed by atoms with Gasteiger partial charge in [0.2, 0.25) is 0 Å². The van der Waals surface area contributed by atoms with Crippen molar-refractivity contribution in [2.45, 2.75) is 13.8 Å². The van der Waals surface area contributed by atoms with E-state index in [9.17, 15) is 5.11 Å². The Morgan fingerprint density at radius 2 is 1.67 bits per heavy atom. The van der Waals surface area contributed by atoms with E-state index in [4.69, 9.17) is 0 Å². The molecule has 0 radical (unpaired) electrons. The molecule has 2 aromatic carbocycles. The minimum Gasteiger partial charge on any atom is -0.507 e. The van der Waals surface area contributed by atoms with Crippen molar-refractivity contribution in [2.24, 2.45) is 5.10 Å². The molecular formula is C15H16N2O. The quantitative estimate of drug-likeness (QED) is 0.637. The van der Waals surface area contributed by atoms with E-state index in [1.807, 2.05) is 56.3 Å². The van der Waals surface area contributed by atoms with Crippen molar-refractivity contribution in [3.8, 4) is 5.75 Å². The Morgan fingerprint density at radius 3 is 2.28 bits per heavy atom. The van der Waals surface area contributed by atoms with Gasteiger partial charge in [0.05, 0.1) is 11.9 Å². The van der Waals surface area contributed by atoms with Crippen LogP contribution in [0.1, 0.15) is 16.7 Å². The molecule has 0 heterocycles. The van der Waals surface area contributed by atoms with E-state index in [1.165, 1.54) is 0 Å². The van der Waals surface area contributed by atoms with Gasteiger partial charge in [-0.15, -0.1) is 0 Å². The average molecular weight is 240 g/mol. The van der Waals surface area contributed by atoms with Crippen LogP contribution >= 0.6 is 0 Å². The Bertz CT molecular complexity index is 539. The van der Waals surface area contributed by atoms with Gasteiger partial charge in [-0.2, -0.15) is 5.10 Å². The number of phenols is 1. The van der Waals surface area contributed by atoms with Crippen LogP contribution < -0.4 is 5.43 Å². The number of aromatic hydroxyl groups is 1. The first-order chi connectivity index (χ1) is 8.66. The number of rotatable bonds is 3. The summed E-state index contributed by atoms with van der Waals surface area (Å²) in [5, 5.41) is 13.8. The highest BCUT2D eigenvalue weighted by Gasteiger charge is 2.01. The molecule has 0 aliphatic heterocycles. The highest BCUT2D eigenvalue weighted by Crippen LogP contribution is 2.22. The van der Waals surface area contributed by atoms with Crippen LogP contribution in [0.5, 0.6) is 5.75 Å². The zero-order valence-corrected chi connectivity index (χ0v) is 10.5. The second-order valence-electron chi connectivity index (χ2n) is 4.24. The van der Waals surface area contributed by atoms with Crippen molar-refractivity contribution < 1.29 is 5.11 Å². The Balaban J connectivity index is 2.10. The van der Waals surface area contributed by atoms with E-state index in [2.05, 4.69) is 10.5 Å². The molecule has 0 fully saturated rings. The summed E-state index contributed by atoms with van der Waals surface area (Å²) in [4.78, 5) is 0. The van der Waals surface area contributed by atoms with Crippen LogP contribution in [0.4, 0.5) is 5.69 Å². The van der Waals surface area contributed by atoms with E-state index in [1.54, 1.807) is 6.21 Å². The molecule has 92 valence electrons. The van der Waals surface area contributed by atoms with E-state index >= 15 is 0 Å². The highest BCUT2D eigenvalue weighted by molar-refractivity contribution is 5.81. The SMILES string of the molecule is Cc1cc(/C=N/Nc2ccccc2)cc(C)c1O. The molecule has 0 saturated heterocycles. The van der Waals surface area contributed by atoms with Crippen molar-refractivity contribution in [2.75, 3.05) is 5.43 Å². The summed E-state index contributed by atoms with van der Waals surface area (Å²) in [5.74, 6) is 0.350. The molecule has 2 aromatic rings. The topological polar surface area (TPSA) is 44.6 Å². The zero-order chi connectivity index (χ0) is 13.0. The van der Waals surface area contributed by atoms with Crippen molar-refractivity contribution >= 4 is 11.9 Å². The van der Waals surface area contributed by atoms with Crippen LogP contribution in [0.3, 0.4) is 0 Å². The van der Waals surface area contributed by atoms with Crippen LogP contribution in [0.25, 0.3) is 0 Å². The van der Waals surface area contributed by atoms with Gasteiger partial charge in [0, 0.05) is 0 Å². The molecule has 0 spiro atoms. The standard InChI is InChI=1S/C15H16N2O/c1-11-8-13(9-12(2)15(11)18)10-16-17-14-6-4-3-5-7-14/h3-10,17-18H,1-2H3/b16-10+. The van der Waals surface area contributed by atoms with Gasteiger partial charge in [-0.25, -0.2) is 0 Å². The molecule has 0 aliphatic rings. The number of hydrazone groups is 1. The van der Waals surface area contributed by atoms with Gasteiger partial charge in [-0.1, -0.05) is 18.2 Å². The molecule has 0 saturated carbocycles. The number of hydrogen-bond acceptors (Lipinski definition) is 3. The number of phenolic OH excluding ortho intramolecular Hbond substituents is 1. The number of benzene rings is 2. The number of anilines is 1. The van der Waals surface area contributed by atoms with Gasteiger partial charge in [0.1, 0.15) is 5.75 Å². The predicted molar refractivity (Wildman–Crippen MR) is 75.2 cm³/mol. The third-order valence-corrected chi connectivity index (χ3v) is 2.69. The van der Waals surface area contributed by atoms with Crippen molar-refractivity contribution in [1.29, 1.82) is 0 Å². The fraction of sp³-hybridized carbons (Fsp3) is 0.133. The third-order valence-electron chi connectivity index (χ3n) is 2.69. The Hall–Kier alpha value is -2.29. The molecule has 0 unspecified atom stereocenters. The second kappa shape index (κ2) is 5.36. The number of para-hydroxylation sites is 1. The zero-order valence-electron chi connectivity index (χ0n) is 10.5. The largest absolute Gasteiger partial charge is 0.507 e. The van der Waals surface area contributed by atoms with Crippen LogP contribution in [0.2, 0.25) is 0 Å². The first-order valence-electron chi connectivity index (χ1n) is 5.81. The molecule has 3 nitrogen and oxygen atoms in total. The smallest absolute Gasteiger partial charge is 0.121 e. The van der Waals surface area contributed by atoms with Crippen LogP contribution in [0, 0.1) is 13.8 Å². The Morgan fingerprint density at radius 1 is 1.06 bits per heavy atom. The van der Waals surface area contributed by atoms with E-state index in [-0.39, 0.29) is 0 Å². The maximum absolute atomic E-state index is 9.67.